The van der Waals surface area contributed by atoms with E-state index in [1.807, 2.05) is 0 Å². The van der Waals surface area contributed by atoms with Crippen molar-refractivity contribution < 1.29 is 19.4 Å². The van der Waals surface area contributed by atoms with Gasteiger partial charge < -0.3 is 10.1 Å². The van der Waals surface area contributed by atoms with Gasteiger partial charge in [-0.2, -0.15) is 5.26 Å². The molecule has 0 fully saturated rings. The zero-order chi connectivity index (χ0) is 20.0. The average molecular weight is 368 g/mol. The first-order valence-electron chi connectivity index (χ1n) is 7.35. The number of methoxy groups -OCH3 is 1. The molecule has 2 aromatic rings. The summed E-state index contributed by atoms with van der Waals surface area (Å²) in [6.45, 7) is 0. The SMILES string of the molecule is COc1ccc([N+](=O)[O-])cc1NC(=O)/C(C#N)=C/c1ccc([N+](=O)[O-])cc1. The molecular weight excluding hydrogens is 356 g/mol. The summed E-state index contributed by atoms with van der Waals surface area (Å²) in [6, 6.07) is 10.6. The number of amides is 1. The number of nitro benzene ring substituents is 2. The molecule has 0 unspecified atom stereocenters. The molecule has 2 rings (SSSR count). The van der Waals surface area contributed by atoms with Crippen molar-refractivity contribution in [2.45, 2.75) is 0 Å². The molecule has 27 heavy (non-hydrogen) atoms. The molecule has 0 aliphatic rings. The van der Waals surface area contributed by atoms with Crippen LogP contribution in [-0.4, -0.2) is 22.9 Å². The van der Waals surface area contributed by atoms with E-state index in [4.69, 9.17) is 4.74 Å². The maximum Gasteiger partial charge on any atom is 0.271 e. The molecule has 2 aromatic carbocycles. The number of benzene rings is 2. The number of nitriles is 1. The summed E-state index contributed by atoms with van der Waals surface area (Å²) in [7, 11) is 1.33. The van der Waals surface area contributed by atoms with Crippen LogP contribution in [0, 0.1) is 31.6 Å². The van der Waals surface area contributed by atoms with E-state index in [-0.39, 0.29) is 28.4 Å². The molecule has 0 aliphatic carbocycles. The second-order valence-corrected chi connectivity index (χ2v) is 5.11. The highest BCUT2D eigenvalue weighted by atomic mass is 16.6. The lowest BCUT2D eigenvalue weighted by molar-refractivity contribution is -0.385. The zero-order valence-electron chi connectivity index (χ0n) is 13.9. The quantitative estimate of drug-likeness (QED) is 0.356. The molecule has 0 saturated heterocycles. The van der Waals surface area contributed by atoms with E-state index in [2.05, 4.69) is 5.32 Å². The number of nitro groups is 2. The summed E-state index contributed by atoms with van der Waals surface area (Å²) < 4.78 is 5.04. The molecule has 0 aliphatic heterocycles. The number of hydrogen-bond donors (Lipinski definition) is 1. The van der Waals surface area contributed by atoms with Crippen LogP contribution in [0.25, 0.3) is 6.08 Å². The van der Waals surface area contributed by atoms with Crippen molar-refractivity contribution in [3.05, 3.63) is 73.8 Å². The van der Waals surface area contributed by atoms with Gasteiger partial charge in [0.2, 0.25) is 0 Å². The van der Waals surface area contributed by atoms with E-state index in [9.17, 15) is 30.3 Å². The third kappa shape index (κ3) is 4.64. The Labute approximate surface area is 152 Å². The molecule has 0 heterocycles. The monoisotopic (exact) mass is 368 g/mol. The lowest BCUT2D eigenvalue weighted by Gasteiger charge is -2.09. The first-order valence-corrected chi connectivity index (χ1v) is 7.35. The topological polar surface area (TPSA) is 148 Å². The van der Waals surface area contributed by atoms with Crippen molar-refractivity contribution in [1.29, 1.82) is 5.26 Å². The van der Waals surface area contributed by atoms with Crippen LogP contribution in [0.2, 0.25) is 0 Å². The fourth-order valence-electron chi connectivity index (χ4n) is 2.10. The van der Waals surface area contributed by atoms with Gasteiger partial charge >= 0.3 is 0 Å². The normalized spacial score (nSPS) is 10.6. The summed E-state index contributed by atoms with van der Waals surface area (Å²) >= 11 is 0. The Kier molecular flexibility index (Phi) is 5.80. The van der Waals surface area contributed by atoms with Crippen molar-refractivity contribution in [3.63, 3.8) is 0 Å². The maximum absolute atomic E-state index is 12.3. The second kappa shape index (κ2) is 8.21. The Morgan fingerprint density at radius 1 is 1.11 bits per heavy atom. The Bertz CT molecular complexity index is 976. The number of non-ortho nitro benzene ring substituents is 2. The molecule has 0 spiro atoms. The Balaban J connectivity index is 2.29. The standard InChI is InChI=1S/C17H12N4O6/c1-27-16-7-6-14(21(25)26)9-15(16)19-17(22)12(10-18)8-11-2-4-13(5-3-11)20(23)24/h2-9H,1H3,(H,19,22)/b12-8+. The number of carbonyl (C=O) groups excluding carboxylic acids is 1. The second-order valence-electron chi connectivity index (χ2n) is 5.11. The summed E-state index contributed by atoms with van der Waals surface area (Å²) in [5.74, 6) is -0.628. The van der Waals surface area contributed by atoms with Gasteiger partial charge in [-0.15, -0.1) is 0 Å². The molecule has 136 valence electrons. The van der Waals surface area contributed by atoms with Crippen molar-refractivity contribution in [1.82, 2.24) is 0 Å². The minimum Gasteiger partial charge on any atom is -0.495 e. The predicted molar refractivity (Wildman–Crippen MR) is 95.0 cm³/mol. The van der Waals surface area contributed by atoms with Crippen LogP contribution in [0.3, 0.4) is 0 Å². The maximum atomic E-state index is 12.3. The van der Waals surface area contributed by atoms with E-state index in [0.29, 0.717) is 5.56 Å². The molecule has 0 aromatic heterocycles. The van der Waals surface area contributed by atoms with E-state index < -0.39 is 15.8 Å². The van der Waals surface area contributed by atoms with Crippen molar-refractivity contribution >= 4 is 29.0 Å². The number of carbonyl (C=O) groups is 1. The van der Waals surface area contributed by atoms with E-state index >= 15 is 0 Å². The summed E-state index contributed by atoms with van der Waals surface area (Å²) in [6.07, 6.45) is 1.24. The lowest BCUT2D eigenvalue weighted by Crippen LogP contribution is -2.14. The van der Waals surface area contributed by atoms with Crippen LogP contribution in [0.4, 0.5) is 17.1 Å². The van der Waals surface area contributed by atoms with Crippen LogP contribution in [-0.2, 0) is 4.79 Å². The minimum absolute atomic E-state index is 0.0292. The van der Waals surface area contributed by atoms with Gasteiger partial charge in [-0.1, -0.05) is 0 Å². The number of nitrogens with one attached hydrogen (secondary N) is 1. The Morgan fingerprint density at radius 2 is 1.70 bits per heavy atom. The number of hydrogen-bond acceptors (Lipinski definition) is 7. The highest BCUT2D eigenvalue weighted by Crippen LogP contribution is 2.29. The number of rotatable bonds is 6. The smallest absolute Gasteiger partial charge is 0.271 e. The molecule has 1 amide bonds. The van der Waals surface area contributed by atoms with E-state index in [0.717, 1.165) is 6.07 Å². The molecule has 0 bridgehead atoms. The van der Waals surface area contributed by atoms with Crippen LogP contribution in [0.1, 0.15) is 5.56 Å². The van der Waals surface area contributed by atoms with Gasteiger partial charge in [-0.3, -0.25) is 25.0 Å². The van der Waals surface area contributed by atoms with Gasteiger partial charge in [-0.25, -0.2) is 0 Å². The molecule has 0 atom stereocenters. The minimum atomic E-state index is -0.811. The van der Waals surface area contributed by atoms with E-state index in [1.54, 1.807) is 6.07 Å². The van der Waals surface area contributed by atoms with Gasteiger partial charge in [0, 0.05) is 24.3 Å². The third-order valence-corrected chi connectivity index (χ3v) is 3.42. The molecule has 0 saturated carbocycles. The van der Waals surface area contributed by atoms with Gasteiger partial charge in [0.25, 0.3) is 17.3 Å². The summed E-state index contributed by atoms with van der Waals surface area (Å²) in [5, 5.41) is 33.1. The van der Waals surface area contributed by atoms with Gasteiger partial charge in [0.05, 0.1) is 22.6 Å². The van der Waals surface area contributed by atoms with Gasteiger partial charge in [0.15, 0.2) is 0 Å². The lowest BCUT2D eigenvalue weighted by atomic mass is 10.1. The number of ether oxygens (including phenoxy) is 1. The molecular formula is C17H12N4O6. The van der Waals surface area contributed by atoms with Gasteiger partial charge in [-0.05, 0) is 29.8 Å². The first kappa shape index (κ1) is 19.1. The highest BCUT2D eigenvalue weighted by molar-refractivity contribution is 6.10. The van der Waals surface area contributed by atoms with E-state index in [1.165, 1.54) is 49.6 Å². The van der Waals surface area contributed by atoms with Crippen LogP contribution < -0.4 is 10.1 Å². The fraction of sp³-hybridized carbons (Fsp3) is 0.0588. The number of nitrogens with zero attached hydrogens (tertiary/aromatic N) is 3. The van der Waals surface area contributed by atoms with Crippen molar-refractivity contribution in [2.75, 3.05) is 12.4 Å². The first-order chi connectivity index (χ1) is 12.8. The Morgan fingerprint density at radius 3 is 2.22 bits per heavy atom. The van der Waals surface area contributed by atoms with Crippen molar-refractivity contribution in [3.8, 4) is 11.8 Å². The average Bonchev–Trinajstić information content (AvgIpc) is 2.66. The van der Waals surface area contributed by atoms with Gasteiger partial charge in [0.1, 0.15) is 17.4 Å². The summed E-state index contributed by atoms with van der Waals surface area (Å²) in [5.41, 5.74) is -0.252. The zero-order valence-corrected chi connectivity index (χ0v) is 13.9. The third-order valence-electron chi connectivity index (χ3n) is 3.42. The molecule has 10 nitrogen and oxygen atoms in total. The fourth-order valence-corrected chi connectivity index (χ4v) is 2.10. The molecule has 0 radical (unpaired) electrons. The summed E-state index contributed by atoms with van der Waals surface area (Å²) in [4.78, 5) is 32.7. The molecule has 10 heteroatoms. The predicted octanol–water partition coefficient (Wildman–Crippen LogP) is 3.06. The largest absolute Gasteiger partial charge is 0.495 e. The molecule has 1 N–H and O–H groups in total. The highest BCUT2D eigenvalue weighted by Gasteiger charge is 2.16. The van der Waals surface area contributed by atoms with Crippen molar-refractivity contribution in [2.24, 2.45) is 0 Å². The number of anilines is 1. The Hall–Kier alpha value is -4.26. The van der Waals surface area contributed by atoms with Crippen LogP contribution in [0.5, 0.6) is 5.75 Å². The van der Waals surface area contributed by atoms with Crippen LogP contribution in [0.15, 0.2) is 48.0 Å². The van der Waals surface area contributed by atoms with Crippen LogP contribution >= 0.6 is 0 Å².